The van der Waals surface area contributed by atoms with Crippen LogP contribution < -0.4 is 15.5 Å². The van der Waals surface area contributed by atoms with Gasteiger partial charge in [0.05, 0.1) is 0 Å². The van der Waals surface area contributed by atoms with Gasteiger partial charge in [0.15, 0.2) is 0 Å². The first-order valence-electron chi connectivity index (χ1n) is 6.66. The molecule has 0 saturated heterocycles. The fourth-order valence-electron chi connectivity index (χ4n) is 1.62. The number of nitrogens with one attached hydrogen (secondary N) is 2. The lowest BCUT2D eigenvalue weighted by Crippen LogP contribution is -2.25. The average Bonchev–Trinajstić information content (AvgIpc) is 2.45. The lowest BCUT2D eigenvalue weighted by Gasteiger charge is -2.19. The van der Waals surface area contributed by atoms with Gasteiger partial charge in [-0.05, 0) is 20.3 Å². The van der Waals surface area contributed by atoms with E-state index in [1.54, 1.807) is 14.2 Å². The molecule has 0 aliphatic carbocycles. The quantitative estimate of drug-likeness (QED) is 0.652. The number of nitrogens with zero attached hydrogens (tertiary/aromatic N) is 4. The van der Waals surface area contributed by atoms with Crippen molar-refractivity contribution in [3.63, 3.8) is 0 Å². The maximum absolute atomic E-state index is 5.01. The second kappa shape index (κ2) is 8.47. The Morgan fingerprint density at radius 3 is 2.37 bits per heavy atom. The Labute approximate surface area is 114 Å². The summed E-state index contributed by atoms with van der Waals surface area (Å²) in [5.41, 5.74) is 0. The lowest BCUT2D eigenvalue weighted by molar-refractivity contribution is 0.197. The molecule has 1 heterocycles. The molecule has 0 aliphatic heterocycles. The Bertz CT molecular complexity index is 369. The highest BCUT2D eigenvalue weighted by Gasteiger charge is 2.10. The monoisotopic (exact) mass is 268 g/mol. The molecule has 0 fully saturated rings. The normalized spacial score (nSPS) is 10.3. The molecule has 7 heteroatoms. The predicted octanol–water partition coefficient (Wildman–Crippen LogP) is 1.21. The molecule has 2 N–H and O–H groups in total. The van der Waals surface area contributed by atoms with Crippen LogP contribution in [0.3, 0.4) is 0 Å². The number of hydrogen-bond donors (Lipinski definition) is 2. The van der Waals surface area contributed by atoms with Crippen molar-refractivity contribution in [1.29, 1.82) is 0 Å². The molecule has 0 saturated carbocycles. The summed E-state index contributed by atoms with van der Waals surface area (Å²) in [5, 5.41) is 6.15. The summed E-state index contributed by atoms with van der Waals surface area (Å²) in [6, 6.07) is 0. The van der Waals surface area contributed by atoms with Gasteiger partial charge in [0.1, 0.15) is 0 Å². The number of hydrogen-bond acceptors (Lipinski definition) is 7. The third-order valence-corrected chi connectivity index (χ3v) is 2.70. The van der Waals surface area contributed by atoms with E-state index >= 15 is 0 Å². The van der Waals surface area contributed by atoms with Crippen LogP contribution in [0.25, 0.3) is 0 Å². The van der Waals surface area contributed by atoms with Gasteiger partial charge in [-0.15, -0.1) is 0 Å². The highest BCUT2D eigenvalue weighted by atomic mass is 16.5. The zero-order valence-corrected chi connectivity index (χ0v) is 12.2. The maximum atomic E-state index is 5.01. The Morgan fingerprint density at radius 1 is 1.11 bits per heavy atom. The van der Waals surface area contributed by atoms with Gasteiger partial charge < -0.3 is 20.3 Å². The van der Waals surface area contributed by atoms with Crippen LogP contribution in [0.1, 0.15) is 20.3 Å². The second-order valence-corrected chi connectivity index (χ2v) is 3.98. The number of aromatic nitrogens is 3. The van der Waals surface area contributed by atoms with Gasteiger partial charge in [-0.1, -0.05) is 0 Å². The van der Waals surface area contributed by atoms with Crippen molar-refractivity contribution < 1.29 is 4.74 Å². The molecule has 1 aromatic rings. The fourth-order valence-corrected chi connectivity index (χ4v) is 1.62. The summed E-state index contributed by atoms with van der Waals surface area (Å²) >= 11 is 0. The molecule has 0 amide bonds. The Hall–Kier alpha value is -1.63. The van der Waals surface area contributed by atoms with Gasteiger partial charge in [0.25, 0.3) is 0 Å². The third kappa shape index (κ3) is 4.86. The summed E-state index contributed by atoms with van der Waals surface area (Å²) in [6.45, 7) is 7.40. The lowest BCUT2D eigenvalue weighted by atomic mass is 10.4. The average molecular weight is 268 g/mol. The minimum absolute atomic E-state index is 0.575. The molecule has 0 unspecified atom stereocenters. The van der Waals surface area contributed by atoms with Crippen LogP contribution in [-0.4, -0.2) is 55.4 Å². The van der Waals surface area contributed by atoms with Crippen LogP contribution in [0.15, 0.2) is 0 Å². The summed E-state index contributed by atoms with van der Waals surface area (Å²) in [4.78, 5) is 15.2. The van der Waals surface area contributed by atoms with E-state index in [4.69, 9.17) is 4.74 Å². The second-order valence-electron chi connectivity index (χ2n) is 3.98. The Balaban J connectivity index is 2.77. The van der Waals surface area contributed by atoms with Crippen LogP contribution >= 0.6 is 0 Å². The van der Waals surface area contributed by atoms with E-state index in [1.807, 2.05) is 0 Å². The standard InChI is InChI=1S/C12H24N6O/c1-5-18(6-2)12-16-10(13-3)15-11(17-12)14-8-7-9-19-4/h5-9H2,1-4H3,(H2,13,14,15,16,17). The smallest absolute Gasteiger partial charge is 0.231 e. The van der Waals surface area contributed by atoms with E-state index < -0.39 is 0 Å². The summed E-state index contributed by atoms with van der Waals surface area (Å²) in [5.74, 6) is 1.86. The van der Waals surface area contributed by atoms with Crippen LogP contribution in [0.2, 0.25) is 0 Å². The fraction of sp³-hybridized carbons (Fsp3) is 0.750. The first-order chi connectivity index (χ1) is 9.24. The van der Waals surface area contributed by atoms with E-state index in [0.717, 1.165) is 32.7 Å². The molecule has 7 nitrogen and oxygen atoms in total. The van der Waals surface area contributed by atoms with Crippen LogP contribution in [-0.2, 0) is 4.74 Å². The topological polar surface area (TPSA) is 75.2 Å². The molecule has 108 valence electrons. The van der Waals surface area contributed by atoms with Gasteiger partial charge in [0.2, 0.25) is 17.8 Å². The zero-order valence-electron chi connectivity index (χ0n) is 12.2. The first kappa shape index (κ1) is 15.4. The molecule has 0 atom stereocenters. The van der Waals surface area contributed by atoms with Crippen molar-refractivity contribution in [1.82, 2.24) is 15.0 Å². The summed E-state index contributed by atoms with van der Waals surface area (Å²) in [6.07, 6.45) is 0.914. The SMILES string of the molecule is CCN(CC)c1nc(NC)nc(NCCCOC)n1. The number of rotatable bonds is 9. The molecule has 19 heavy (non-hydrogen) atoms. The van der Waals surface area contributed by atoms with Crippen LogP contribution in [0.5, 0.6) is 0 Å². The van der Waals surface area contributed by atoms with Gasteiger partial charge in [0, 0.05) is 40.4 Å². The van der Waals surface area contributed by atoms with E-state index in [1.165, 1.54) is 0 Å². The highest BCUT2D eigenvalue weighted by Crippen LogP contribution is 2.12. The summed E-state index contributed by atoms with van der Waals surface area (Å²) in [7, 11) is 3.50. The molecule has 0 spiro atoms. The highest BCUT2D eigenvalue weighted by molar-refractivity contribution is 5.43. The molecule has 1 aromatic heterocycles. The number of anilines is 3. The van der Waals surface area contributed by atoms with Gasteiger partial charge >= 0.3 is 0 Å². The van der Waals surface area contributed by atoms with Crippen molar-refractivity contribution in [3.8, 4) is 0 Å². The molecule has 0 radical (unpaired) electrons. The molecular weight excluding hydrogens is 244 g/mol. The summed E-state index contributed by atoms with van der Waals surface area (Å²) < 4.78 is 5.01. The minimum Gasteiger partial charge on any atom is -0.385 e. The number of ether oxygens (including phenoxy) is 1. The van der Waals surface area contributed by atoms with Gasteiger partial charge in [-0.2, -0.15) is 15.0 Å². The van der Waals surface area contributed by atoms with E-state index in [9.17, 15) is 0 Å². The number of methoxy groups -OCH3 is 1. The van der Waals surface area contributed by atoms with Crippen LogP contribution in [0.4, 0.5) is 17.8 Å². The molecule has 0 aromatic carbocycles. The predicted molar refractivity (Wildman–Crippen MR) is 77.9 cm³/mol. The first-order valence-corrected chi connectivity index (χ1v) is 6.66. The Morgan fingerprint density at radius 2 is 1.79 bits per heavy atom. The third-order valence-electron chi connectivity index (χ3n) is 2.70. The van der Waals surface area contributed by atoms with Crippen molar-refractivity contribution >= 4 is 17.8 Å². The van der Waals surface area contributed by atoms with Crippen molar-refractivity contribution in [2.45, 2.75) is 20.3 Å². The largest absolute Gasteiger partial charge is 0.385 e. The maximum Gasteiger partial charge on any atom is 0.231 e. The molecule has 1 rings (SSSR count). The van der Waals surface area contributed by atoms with Gasteiger partial charge in [-0.3, -0.25) is 0 Å². The molecule has 0 bridgehead atoms. The molecule has 0 aliphatic rings. The van der Waals surface area contributed by atoms with Gasteiger partial charge in [-0.25, -0.2) is 0 Å². The van der Waals surface area contributed by atoms with E-state index in [-0.39, 0.29) is 0 Å². The minimum atomic E-state index is 0.575. The van der Waals surface area contributed by atoms with E-state index in [2.05, 4.69) is 44.3 Å². The van der Waals surface area contributed by atoms with Crippen molar-refractivity contribution in [3.05, 3.63) is 0 Å². The van der Waals surface area contributed by atoms with E-state index in [0.29, 0.717) is 17.8 Å². The van der Waals surface area contributed by atoms with Crippen molar-refractivity contribution in [2.24, 2.45) is 0 Å². The van der Waals surface area contributed by atoms with Crippen LogP contribution in [0, 0.1) is 0 Å². The van der Waals surface area contributed by atoms with Crippen molar-refractivity contribution in [2.75, 3.05) is 55.9 Å². The molecular formula is C12H24N6O. The Kier molecular flexibility index (Phi) is 6.88. The zero-order chi connectivity index (χ0) is 14.1.